The normalized spacial score (nSPS) is 23.9. The molecule has 14 heteroatoms. The Morgan fingerprint density at radius 1 is 1.10 bits per heavy atom. The monoisotopic (exact) mass is 566 g/mol. The van der Waals surface area contributed by atoms with Crippen LogP contribution in [0.15, 0.2) is 36.4 Å². The van der Waals surface area contributed by atoms with Gasteiger partial charge in [0.25, 0.3) is 5.91 Å². The van der Waals surface area contributed by atoms with E-state index in [1.807, 2.05) is 0 Å². The fourth-order valence-electron chi connectivity index (χ4n) is 5.70. The molecule has 0 bridgehead atoms. The predicted octanol–water partition coefficient (Wildman–Crippen LogP) is 4.13. The van der Waals surface area contributed by atoms with Crippen LogP contribution in [0.1, 0.15) is 42.0 Å². The summed E-state index contributed by atoms with van der Waals surface area (Å²) in [4.78, 5) is 52.1. The van der Waals surface area contributed by atoms with Crippen molar-refractivity contribution in [3.8, 4) is 0 Å². The van der Waals surface area contributed by atoms with Gasteiger partial charge in [-0.1, -0.05) is 12.1 Å². The number of nitrogens with zero attached hydrogens (tertiary/aromatic N) is 2. The molecule has 0 radical (unpaired) electrons. The summed E-state index contributed by atoms with van der Waals surface area (Å²) in [6, 6.07) is 2.80. The number of rotatable bonds is 4. The molecule has 2 aromatic carbocycles. The first-order chi connectivity index (χ1) is 18.9. The number of carbonyl (C=O) groups is 4. The van der Waals surface area contributed by atoms with Crippen LogP contribution >= 0.6 is 0 Å². The quantitative estimate of drug-likeness (QED) is 0.542. The van der Waals surface area contributed by atoms with Gasteiger partial charge in [0.1, 0.15) is 24.2 Å². The molecule has 1 aliphatic carbocycles. The summed E-state index contributed by atoms with van der Waals surface area (Å²) in [5.74, 6) is -4.20. The molecule has 1 unspecified atom stereocenters. The zero-order valence-corrected chi connectivity index (χ0v) is 21.0. The summed E-state index contributed by atoms with van der Waals surface area (Å²) >= 11 is 0. The molecule has 2 aliphatic heterocycles. The molecule has 5 rings (SSSR count). The Labute approximate surface area is 224 Å². The molecule has 2 aromatic rings. The zero-order chi connectivity index (χ0) is 29.0. The van der Waals surface area contributed by atoms with E-state index < -0.39 is 72.4 Å². The number of likely N-dealkylation sites (tertiary alicyclic amines) is 1. The molecule has 1 spiro atoms. The first kappa shape index (κ1) is 27.3. The van der Waals surface area contributed by atoms with Crippen molar-refractivity contribution in [2.45, 2.75) is 49.5 Å². The van der Waals surface area contributed by atoms with E-state index in [4.69, 9.17) is 4.74 Å². The van der Waals surface area contributed by atoms with E-state index in [1.165, 1.54) is 19.2 Å². The van der Waals surface area contributed by atoms with Crippen LogP contribution in [0.2, 0.25) is 0 Å². The highest BCUT2D eigenvalue weighted by molar-refractivity contribution is 6.06. The Bertz CT molecular complexity index is 1420. The lowest BCUT2D eigenvalue weighted by Gasteiger charge is -2.32. The van der Waals surface area contributed by atoms with Gasteiger partial charge in [0, 0.05) is 36.3 Å². The van der Waals surface area contributed by atoms with Crippen molar-refractivity contribution < 1.29 is 45.9 Å². The molecule has 2 heterocycles. The Kier molecular flexibility index (Phi) is 6.66. The number of benzene rings is 2. The summed E-state index contributed by atoms with van der Waals surface area (Å²) in [6.45, 7) is -1.06. The van der Waals surface area contributed by atoms with Gasteiger partial charge in [0.15, 0.2) is 0 Å². The third-order valence-corrected chi connectivity index (χ3v) is 7.51. The van der Waals surface area contributed by atoms with Gasteiger partial charge in [0.05, 0.1) is 6.04 Å². The Morgan fingerprint density at radius 3 is 2.52 bits per heavy atom. The van der Waals surface area contributed by atoms with Gasteiger partial charge < -0.3 is 20.3 Å². The van der Waals surface area contributed by atoms with Gasteiger partial charge in [-0.25, -0.2) is 23.3 Å². The number of carbonyl (C=O) groups excluding carboxylic acids is 4. The predicted molar refractivity (Wildman–Crippen MR) is 128 cm³/mol. The number of alkyl halides is 3. The molecular weight excluding hydrogens is 543 g/mol. The van der Waals surface area contributed by atoms with Crippen LogP contribution in [0, 0.1) is 11.6 Å². The molecule has 9 nitrogen and oxygen atoms in total. The minimum absolute atomic E-state index is 0.0271. The van der Waals surface area contributed by atoms with Crippen LogP contribution in [0.25, 0.3) is 0 Å². The average Bonchev–Trinajstić information content (AvgIpc) is 3.55. The Hall–Kier alpha value is -4.23. The minimum Gasteiger partial charge on any atom is -0.427 e. The topological polar surface area (TPSA) is 108 Å². The van der Waals surface area contributed by atoms with Crippen molar-refractivity contribution in [3.05, 3.63) is 64.7 Å². The van der Waals surface area contributed by atoms with E-state index >= 15 is 0 Å². The molecule has 3 aliphatic rings. The summed E-state index contributed by atoms with van der Waals surface area (Å²) < 4.78 is 75.1. The Morgan fingerprint density at radius 2 is 1.85 bits per heavy atom. The maximum atomic E-state index is 14.5. The van der Waals surface area contributed by atoms with Crippen molar-refractivity contribution in [1.82, 2.24) is 15.1 Å². The van der Waals surface area contributed by atoms with Crippen LogP contribution in [0.3, 0.4) is 0 Å². The van der Waals surface area contributed by atoms with Crippen molar-refractivity contribution in [2.75, 3.05) is 18.9 Å². The van der Waals surface area contributed by atoms with Crippen molar-refractivity contribution in [3.63, 3.8) is 0 Å². The van der Waals surface area contributed by atoms with Crippen molar-refractivity contribution in [1.29, 1.82) is 0 Å². The number of aryl methyl sites for hydroxylation is 1. The maximum Gasteiger partial charge on any atom is 0.418 e. The molecule has 40 heavy (non-hydrogen) atoms. The standard InChI is InChI=1S/C26H23F5N4O5/c1-32-23(38)33-15-3-5-17-13(10-15)8-9-25(17)22(37)34(24(39)40-25)12-21(36)35-19(6-7-20(35)26(29,30)31)16-4-2-14(27)11-18(16)28/h2-5,10-11,19-20H,6-9,12H2,1H3,(H2,32,33,38)/t19-,20+,25?/m0/s1. The zero-order valence-electron chi connectivity index (χ0n) is 21.0. The number of imide groups is 1. The molecule has 0 saturated carbocycles. The summed E-state index contributed by atoms with van der Waals surface area (Å²) in [7, 11) is 1.43. The van der Waals surface area contributed by atoms with E-state index in [2.05, 4.69) is 10.6 Å². The molecule has 212 valence electrons. The number of urea groups is 1. The number of ether oxygens (including phenoxy) is 1. The van der Waals surface area contributed by atoms with Gasteiger partial charge in [-0.2, -0.15) is 13.2 Å². The van der Waals surface area contributed by atoms with Crippen LogP contribution in [-0.2, 0) is 26.3 Å². The second kappa shape index (κ2) is 9.75. The number of fused-ring (bicyclic) bond motifs is 2. The first-order valence-corrected chi connectivity index (χ1v) is 12.4. The largest absolute Gasteiger partial charge is 0.427 e. The smallest absolute Gasteiger partial charge is 0.418 e. The summed E-state index contributed by atoms with van der Waals surface area (Å²) in [6.07, 6.45) is -6.57. The number of amides is 5. The van der Waals surface area contributed by atoms with Crippen LogP contribution < -0.4 is 10.6 Å². The van der Waals surface area contributed by atoms with Crippen LogP contribution in [0.5, 0.6) is 0 Å². The number of hydrogen-bond donors (Lipinski definition) is 2. The molecule has 2 N–H and O–H groups in total. The van der Waals surface area contributed by atoms with E-state index in [0.717, 1.165) is 12.1 Å². The van der Waals surface area contributed by atoms with E-state index in [0.29, 0.717) is 32.7 Å². The highest BCUT2D eigenvalue weighted by Gasteiger charge is 2.59. The second-order valence-electron chi connectivity index (χ2n) is 9.78. The third-order valence-electron chi connectivity index (χ3n) is 7.51. The number of halogens is 5. The SMILES string of the molecule is CNC(=O)Nc1ccc2c(c1)CCC21OC(=O)N(CC(=O)N2[C@H](c3ccc(F)cc3F)CC[C@@H]2C(F)(F)F)C1=O. The maximum absolute atomic E-state index is 14.5. The Balaban J connectivity index is 1.41. The van der Waals surface area contributed by atoms with Gasteiger partial charge in [0.2, 0.25) is 11.5 Å². The highest BCUT2D eigenvalue weighted by Crippen LogP contribution is 2.47. The average molecular weight is 566 g/mol. The third kappa shape index (κ3) is 4.50. The van der Waals surface area contributed by atoms with Crippen molar-refractivity contribution >= 4 is 29.6 Å². The molecule has 2 saturated heterocycles. The molecule has 3 atom stereocenters. The minimum atomic E-state index is -4.87. The molecule has 5 amide bonds. The lowest BCUT2D eigenvalue weighted by molar-refractivity contribution is -0.186. The van der Waals surface area contributed by atoms with Crippen LogP contribution in [0.4, 0.5) is 37.2 Å². The van der Waals surface area contributed by atoms with Gasteiger partial charge >= 0.3 is 18.3 Å². The van der Waals surface area contributed by atoms with E-state index in [-0.39, 0.29) is 24.8 Å². The second-order valence-corrected chi connectivity index (χ2v) is 9.78. The highest BCUT2D eigenvalue weighted by atomic mass is 19.4. The summed E-state index contributed by atoms with van der Waals surface area (Å²) in [5.41, 5.74) is -0.713. The van der Waals surface area contributed by atoms with Crippen LogP contribution in [-0.4, -0.2) is 59.5 Å². The lowest BCUT2D eigenvalue weighted by Crippen LogP contribution is -2.50. The van der Waals surface area contributed by atoms with Gasteiger partial charge in [-0.3, -0.25) is 9.59 Å². The number of hydrogen-bond acceptors (Lipinski definition) is 5. The fourth-order valence-corrected chi connectivity index (χ4v) is 5.70. The van der Waals surface area contributed by atoms with Crippen molar-refractivity contribution in [2.24, 2.45) is 0 Å². The lowest BCUT2D eigenvalue weighted by atomic mass is 9.94. The molecule has 0 aromatic heterocycles. The molecule has 2 fully saturated rings. The van der Waals surface area contributed by atoms with Gasteiger partial charge in [-0.05, 0) is 43.0 Å². The number of nitrogens with one attached hydrogen (secondary N) is 2. The number of anilines is 1. The van der Waals surface area contributed by atoms with E-state index in [1.54, 1.807) is 6.07 Å². The summed E-state index contributed by atoms with van der Waals surface area (Å²) in [5, 5.41) is 4.98. The van der Waals surface area contributed by atoms with Gasteiger partial charge in [-0.15, -0.1) is 0 Å². The fraction of sp³-hybridized carbons (Fsp3) is 0.385. The molecular formula is C26H23F5N4O5. The first-order valence-electron chi connectivity index (χ1n) is 12.4. The van der Waals surface area contributed by atoms with E-state index in [9.17, 15) is 41.1 Å².